The van der Waals surface area contributed by atoms with E-state index < -0.39 is 0 Å². The fourth-order valence-electron chi connectivity index (χ4n) is 3.27. The van der Waals surface area contributed by atoms with Crippen LogP contribution in [0, 0.1) is 0 Å². The van der Waals surface area contributed by atoms with Crippen LogP contribution in [-0.2, 0) is 0 Å². The number of ether oxygens (including phenoxy) is 2. The van der Waals surface area contributed by atoms with Gasteiger partial charge in [-0.05, 0) is 36.5 Å². The minimum atomic E-state index is -0.287. The number of rotatable bonds is 4. The van der Waals surface area contributed by atoms with Gasteiger partial charge in [0, 0.05) is 25.4 Å². The number of hydrogen-bond donors (Lipinski definition) is 1. The Labute approximate surface area is 146 Å². The number of aromatic amines is 1. The van der Waals surface area contributed by atoms with Gasteiger partial charge in [0.1, 0.15) is 11.5 Å². The van der Waals surface area contributed by atoms with Gasteiger partial charge in [0.15, 0.2) is 0 Å². The van der Waals surface area contributed by atoms with Crippen LogP contribution in [0.1, 0.15) is 34.7 Å². The molecule has 1 amide bonds. The number of amides is 1. The van der Waals surface area contributed by atoms with E-state index in [0.717, 1.165) is 18.6 Å². The van der Waals surface area contributed by atoms with Gasteiger partial charge in [-0.15, -0.1) is 0 Å². The molecule has 0 radical (unpaired) electrons. The summed E-state index contributed by atoms with van der Waals surface area (Å²) in [7, 11) is 3.12. The van der Waals surface area contributed by atoms with Gasteiger partial charge in [-0.2, -0.15) is 0 Å². The summed E-state index contributed by atoms with van der Waals surface area (Å²) < 4.78 is 10.5. The molecule has 132 valence electrons. The lowest BCUT2D eigenvalue weighted by Crippen LogP contribution is -2.38. The number of likely N-dealkylation sites (tertiary alicyclic amines) is 1. The number of hydrogen-bond acceptors (Lipinski definition) is 4. The summed E-state index contributed by atoms with van der Waals surface area (Å²) in [5.74, 6) is 1.46. The molecule has 0 atom stereocenters. The van der Waals surface area contributed by atoms with Crippen molar-refractivity contribution in [2.24, 2.45) is 0 Å². The number of piperidine rings is 1. The van der Waals surface area contributed by atoms with Crippen LogP contribution in [-0.4, -0.2) is 43.1 Å². The first-order valence-electron chi connectivity index (χ1n) is 8.32. The molecule has 1 fully saturated rings. The lowest BCUT2D eigenvalue weighted by molar-refractivity contribution is 0.0709. The number of pyridine rings is 1. The number of aromatic nitrogens is 1. The zero-order chi connectivity index (χ0) is 17.8. The maximum atomic E-state index is 12.7. The highest BCUT2D eigenvalue weighted by Gasteiger charge is 2.26. The van der Waals surface area contributed by atoms with Crippen LogP contribution in [0.2, 0.25) is 0 Å². The molecule has 2 heterocycles. The Morgan fingerprint density at radius 1 is 1.16 bits per heavy atom. The molecule has 25 heavy (non-hydrogen) atoms. The number of H-pyrrole nitrogens is 1. The molecule has 0 bridgehead atoms. The van der Waals surface area contributed by atoms with Crippen molar-refractivity contribution in [2.45, 2.75) is 18.8 Å². The summed E-state index contributed by atoms with van der Waals surface area (Å²) in [5, 5.41) is 0. The first-order chi connectivity index (χ1) is 12.1. The van der Waals surface area contributed by atoms with Crippen molar-refractivity contribution < 1.29 is 14.3 Å². The molecule has 6 heteroatoms. The van der Waals surface area contributed by atoms with Crippen molar-refractivity contribution in [1.82, 2.24) is 9.88 Å². The van der Waals surface area contributed by atoms with E-state index in [2.05, 4.69) is 17.1 Å². The van der Waals surface area contributed by atoms with Crippen LogP contribution in [0.4, 0.5) is 0 Å². The predicted molar refractivity (Wildman–Crippen MR) is 94.5 cm³/mol. The fraction of sp³-hybridized carbons (Fsp3) is 0.368. The lowest BCUT2D eigenvalue weighted by atomic mass is 9.89. The normalized spacial score (nSPS) is 15.0. The van der Waals surface area contributed by atoms with Crippen LogP contribution >= 0.6 is 0 Å². The molecule has 6 nitrogen and oxygen atoms in total. The van der Waals surface area contributed by atoms with Gasteiger partial charge in [0.2, 0.25) is 0 Å². The summed E-state index contributed by atoms with van der Waals surface area (Å²) in [6.45, 7) is 1.34. The Morgan fingerprint density at radius 3 is 2.60 bits per heavy atom. The standard InChI is InChI=1S/C19H22N2O4/c1-24-15-5-3-4-14(10-15)13-6-8-21(9-7-13)19(23)16-12-20-18(22)11-17(16)25-2/h3-5,10-13H,6-9H2,1-2H3,(H,20,22). The predicted octanol–water partition coefficient (Wildman–Crippen LogP) is 2.41. The maximum Gasteiger partial charge on any atom is 0.259 e. The van der Waals surface area contributed by atoms with E-state index >= 15 is 0 Å². The van der Waals surface area contributed by atoms with Crippen molar-refractivity contribution >= 4 is 5.91 Å². The summed E-state index contributed by atoms with van der Waals surface area (Å²) in [6, 6.07) is 9.40. The molecule has 2 aromatic rings. The maximum absolute atomic E-state index is 12.7. The molecule has 1 aliphatic rings. The number of methoxy groups -OCH3 is 2. The average molecular weight is 342 g/mol. The highest BCUT2D eigenvalue weighted by molar-refractivity contribution is 5.96. The van der Waals surface area contributed by atoms with E-state index in [1.807, 2.05) is 17.0 Å². The summed E-state index contributed by atoms with van der Waals surface area (Å²) >= 11 is 0. The molecule has 1 N–H and O–H groups in total. The van der Waals surface area contributed by atoms with Gasteiger partial charge < -0.3 is 19.4 Å². The smallest absolute Gasteiger partial charge is 0.259 e. The van der Waals surface area contributed by atoms with E-state index in [9.17, 15) is 9.59 Å². The minimum Gasteiger partial charge on any atom is -0.497 e. The summed E-state index contributed by atoms with van der Waals surface area (Å²) in [5.41, 5.74) is 1.35. The third-order valence-electron chi connectivity index (χ3n) is 4.68. The van der Waals surface area contributed by atoms with Gasteiger partial charge in [-0.25, -0.2) is 0 Å². The third kappa shape index (κ3) is 3.68. The van der Waals surface area contributed by atoms with Gasteiger partial charge in [-0.3, -0.25) is 9.59 Å². The molecule has 1 aliphatic heterocycles. The lowest BCUT2D eigenvalue weighted by Gasteiger charge is -2.32. The molecular weight excluding hydrogens is 320 g/mol. The summed E-state index contributed by atoms with van der Waals surface area (Å²) in [6.07, 6.45) is 3.22. The highest BCUT2D eigenvalue weighted by Crippen LogP contribution is 2.31. The molecule has 0 saturated carbocycles. The summed E-state index contributed by atoms with van der Waals surface area (Å²) in [4.78, 5) is 28.5. The Morgan fingerprint density at radius 2 is 1.92 bits per heavy atom. The van der Waals surface area contributed by atoms with Crippen LogP contribution < -0.4 is 15.0 Å². The minimum absolute atomic E-state index is 0.114. The molecule has 1 aromatic heterocycles. The third-order valence-corrected chi connectivity index (χ3v) is 4.68. The van der Waals surface area contributed by atoms with E-state index in [-0.39, 0.29) is 11.5 Å². The van der Waals surface area contributed by atoms with Crippen molar-refractivity contribution in [3.8, 4) is 11.5 Å². The molecule has 1 saturated heterocycles. The van der Waals surface area contributed by atoms with Crippen LogP contribution in [0.25, 0.3) is 0 Å². The molecule has 3 rings (SSSR count). The van der Waals surface area contributed by atoms with Crippen molar-refractivity contribution in [2.75, 3.05) is 27.3 Å². The van der Waals surface area contributed by atoms with Gasteiger partial charge in [0.25, 0.3) is 11.5 Å². The number of nitrogens with zero attached hydrogens (tertiary/aromatic N) is 1. The largest absolute Gasteiger partial charge is 0.497 e. The van der Waals surface area contributed by atoms with Gasteiger partial charge in [0.05, 0.1) is 19.8 Å². The Kier molecular flexibility index (Phi) is 5.07. The van der Waals surface area contributed by atoms with Crippen molar-refractivity contribution in [3.05, 3.63) is 58.0 Å². The fourth-order valence-corrected chi connectivity index (χ4v) is 3.27. The second-order valence-electron chi connectivity index (χ2n) is 6.12. The zero-order valence-corrected chi connectivity index (χ0v) is 14.5. The van der Waals surface area contributed by atoms with Gasteiger partial charge in [-0.1, -0.05) is 12.1 Å². The molecular formula is C19H22N2O4. The first kappa shape index (κ1) is 17.1. The number of carbonyl (C=O) groups excluding carboxylic acids is 1. The molecule has 0 unspecified atom stereocenters. The molecule has 0 spiro atoms. The number of carbonyl (C=O) groups is 1. The van der Waals surface area contributed by atoms with E-state index in [1.165, 1.54) is 24.9 Å². The SMILES string of the molecule is COc1cccc(C2CCN(C(=O)c3c[nH]c(=O)cc3OC)CC2)c1. The Hall–Kier alpha value is -2.76. The van der Waals surface area contributed by atoms with Gasteiger partial charge >= 0.3 is 0 Å². The quantitative estimate of drug-likeness (QED) is 0.926. The average Bonchev–Trinajstić information content (AvgIpc) is 2.67. The second-order valence-corrected chi connectivity index (χ2v) is 6.12. The zero-order valence-electron chi connectivity index (χ0n) is 14.5. The Balaban J connectivity index is 1.69. The van der Waals surface area contributed by atoms with Crippen LogP contribution in [0.3, 0.4) is 0 Å². The second kappa shape index (κ2) is 7.42. The highest BCUT2D eigenvalue weighted by atomic mass is 16.5. The van der Waals surface area contributed by atoms with E-state index in [0.29, 0.717) is 30.3 Å². The van der Waals surface area contributed by atoms with Crippen molar-refractivity contribution in [1.29, 1.82) is 0 Å². The first-order valence-corrected chi connectivity index (χ1v) is 8.32. The van der Waals surface area contributed by atoms with Crippen molar-refractivity contribution in [3.63, 3.8) is 0 Å². The van der Waals surface area contributed by atoms with E-state index in [1.54, 1.807) is 7.11 Å². The number of benzene rings is 1. The molecule has 0 aliphatic carbocycles. The topological polar surface area (TPSA) is 71.6 Å². The van der Waals surface area contributed by atoms with Crippen LogP contribution in [0.15, 0.2) is 41.3 Å². The van der Waals surface area contributed by atoms with Crippen LogP contribution in [0.5, 0.6) is 11.5 Å². The number of nitrogens with one attached hydrogen (secondary N) is 1. The molecule has 1 aromatic carbocycles. The monoisotopic (exact) mass is 342 g/mol. The Bertz CT molecular complexity index is 807. The van der Waals surface area contributed by atoms with E-state index in [4.69, 9.17) is 9.47 Å².